The average molecular weight is 259 g/mol. The van der Waals surface area contributed by atoms with Crippen LogP contribution >= 0.6 is 34.8 Å². The minimum atomic E-state index is -0.220. The lowest BCUT2D eigenvalue weighted by atomic mass is 9.97. The summed E-state index contributed by atoms with van der Waals surface area (Å²) in [6.07, 6.45) is 3.56. The van der Waals surface area contributed by atoms with Gasteiger partial charge < -0.3 is 0 Å². The van der Waals surface area contributed by atoms with E-state index < -0.39 is 0 Å². The second kappa shape index (κ2) is 4.61. The zero-order chi connectivity index (χ0) is 10.8. The van der Waals surface area contributed by atoms with Crippen LogP contribution < -0.4 is 0 Å². The third-order valence-corrected chi connectivity index (χ3v) is 3.31. The van der Waals surface area contributed by atoms with Crippen LogP contribution in [-0.2, 0) is 0 Å². The molecule has 0 aliphatic heterocycles. The van der Waals surface area contributed by atoms with Crippen molar-refractivity contribution in [3.8, 4) is 0 Å². The van der Waals surface area contributed by atoms with Gasteiger partial charge in [0, 0.05) is 11.5 Å². The van der Waals surface area contributed by atoms with Gasteiger partial charge in [0.15, 0.2) is 0 Å². The summed E-state index contributed by atoms with van der Waals surface area (Å²) in [5.74, 6) is 0. The van der Waals surface area contributed by atoms with Gasteiger partial charge in [0.05, 0.1) is 10.4 Å². The van der Waals surface area contributed by atoms with Gasteiger partial charge in [0.1, 0.15) is 0 Å². The number of allylic oxidation sites excluding steroid dienone is 4. The van der Waals surface area contributed by atoms with E-state index in [-0.39, 0.29) is 5.38 Å². The predicted octanol–water partition coefficient (Wildman–Crippen LogP) is 4.58. The highest BCUT2D eigenvalue weighted by molar-refractivity contribution is 6.43. The highest BCUT2D eigenvalue weighted by Gasteiger charge is 2.21. The summed E-state index contributed by atoms with van der Waals surface area (Å²) >= 11 is 18.0. The van der Waals surface area contributed by atoms with Crippen LogP contribution in [0.25, 0.3) is 5.57 Å². The smallest absolute Gasteiger partial charge is 0.0676 e. The fourth-order valence-corrected chi connectivity index (χ4v) is 2.20. The molecule has 2 rings (SSSR count). The molecule has 0 heterocycles. The molecule has 0 bridgehead atoms. The van der Waals surface area contributed by atoms with Crippen molar-refractivity contribution in [2.24, 2.45) is 0 Å². The highest BCUT2D eigenvalue weighted by atomic mass is 35.5. The Balaban J connectivity index is 2.42. The normalized spacial score (nSPS) is 21.5. The Morgan fingerprint density at radius 3 is 2.27 bits per heavy atom. The molecule has 0 unspecified atom stereocenters. The molecule has 1 atom stereocenters. The molecule has 0 amide bonds. The van der Waals surface area contributed by atoms with Gasteiger partial charge in [-0.15, -0.1) is 11.6 Å². The lowest BCUT2D eigenvalue weighted by Gasteiger charge is -2.18. The maximum atomic E-state index is 6.18. The quantitative estimate of drug-likeness (QED) is 0.647. The molecule has 3 heteroatoms. The Kier molecular flexibility index (Phi) is 3.40. The van der Waals surface area contributed by atoms with E-state index in [2.05, 4.69) is 0 Å². The van der Waals surface area contributed by atoms with Gasteiger partial charge in [-0.3, -0.25) is 0 Å². The van der Waals surface area contributed by atoms with Gasteiger partial charge >= 0.3 is 0 Å². The van der Waals surface area contributed by atoms with E-state index in [1.807, 2.05) is 36.4 Å². The Hall–Kier alpha value is -0.430. The van der Waals surface area contributed by atoms with Crippen molar-refractivity contribution in [2.75, 3.05) is 0 Å². The largest absolute Gasteiger partial charge is 0.117 e. The molecule has 0 saturated carbocycles. The molecule has 1 aliphatic rings. The molecule has 15 heavy (non-hydrogen) atoms. The van der Waals surface area contributed by atoms with Crippen LogP contribution in [-0.4, -0.2) is 5.38 Å². The molecule has 0 spiro atoms. The first kappa shape index (κ1) is 11.1. The van der Waals surface area contributed by atoms with Crippen LogP contribution in [0.5, 0.6) is 0 Å². The van der Waals surface area contributed by atoms with Crippen molar-refractivity contribution < 1.29 is 0 Å². The summed E-state index contributed by atoms with van der Waals surface area (Å²) in [4.78, 5) is 0. The van der Waals surface area contributed by atoms with Gasteiger partial charge in [-0.25, -0.2) is 0 Å². The minimum absolute atomic E-state index is 0.220. The molecule has 1 aliphatic carbocycles. The fourth-order valence-electron chi connectivity index (χ4n) is 1.46. The molecule has 0 aromatic heterocycles. The summed E-state index contributed by atoms with van der Waals surface area (Å²) < 4.78 is 0. The molecule has 1 radical (unpaired) electrons. The molecule has 0 nitrogen and oxygen atoms in total. The van der Waals surface area contributed by atoms with E-state index in [1.165, 1.54) is 0 Å². The van der Waals surface area contributed by atoms with Crippen LogP contribution in [0.1, 0.15) is 5.56 Å². The monoisotopic (exact) mass is 257 g/mol. The predicted molar refractivity (Wildman–Crippen MR) is 67.1 cm³/mol. The van der Waals surface area contributed by atoms with E-state index in [4.69, 9.17) is 34.8 Å². The maximum absolute atomic E-state index is 6.18. The summed E-state index contributed by atoms with van der Waals surface area (Å²) in [5.41, 5.74) is 2.04. The van der Waals surface area contributed by atoms with Gasteiger partial charge in [0.2, 0.25) is 0 Å². The number of halogens is 3. The van der Waals surface area contributed by atoms with Crippen molar-refractivity contribution in [1.29, 1.82) is 0 Å². The fraction of sp³-hybridized carbons (Fsp3) is 0.0833. The van der Waals surface area contributed by atoms with Gasteiger partial charge in [-0.1, -0.05) is 53.5 Å². The third kappa shape index (κ3) is 2.39. The number of hydrogen-bond acceptors (Lipinski definition) is 0. The first-order valence-corrected chi connectivity index (χ1v) is 5.69. The van der Waals surface area contributed by atoms with E-state index in [0.717, 1.165) is 11.1 Å². The number of hydrogen-bond donors (Lipinski definition) is 0. The van der Waals surface area contributed by atoms with Crippen molar-refractivity contribution in [3.05, 3.63) is 58.5 Å². The van der Waals surface area contributed by atoms with E-state index >= 15 is 0 Å². The lowest BCUT2D eigenvalue weighted by Crippen LogP contribution is -2.08. The number of alkyl halides is 1. The Morgan fingerprint density at radius 2 is 1.60 bits per heavy atom. The molecule has 0 fully saturated rings. The zero-order valence-electron chi connectivity index (χ0n) is 7.75. The van der Waals surface area contributed by atoms with Crippen molar-refractivity contribution >= 4 is 40.4 Å². The second-order valence-corrected chi connectivity index (χ2v) is 4.51. The van der Waals surface area contributed by atoms with Crippen molar-refractivity contribution in [1.82, 2.24) is 0 Å². The van der Waals surface area contributed by atoms with Crippen molar-refractivity contribution in [3.63, 3.8) is 0 Å². The van der Waals surface area contributed by atoms with Crippen LogP contribution in [0.2, 0.25) is 0 Å². The van der Waals surface area contributed by atoms with E-state index in [0.29, 0.717) is 10.1 Å². The summed E-state index contributed by atoms with van der Waals surface area (Å²) in [5, 5.41) is 0.825. The SMILES string of the molecule is ClC1=C(Cl)C=C(c2ccccc2)[C@@H](Cl)[CH]1. The molecule has 77 valence electrons. The standard InChI is InChI=1S/C12H8Cl3/c13-10-7-12(15)11(14)6-9(10)8-4-2-1-3-5-8/h1-7,10H/t10-/m0/s1. The van der Waals surface area contributed by atoms with E-state index in [9.17, 15) is 0 Å². The second-order valence-electron chi connectivity index (χ2n) is 3.23. The molecular weight excluding hydrogens is 250 g/mol. The van der Waals surface area contributed by atoms with Crippen LogP contribution in [0.4, 0.5) is 0 Å². The van der Waals surface area contributed by atoms with Crippen LogP contribution in [0.15, 0.2) is 46.5 Å². The van der Waals surface area contributed by atoms with Gasteiger partial charge in [-0.2, -0.15) is 0 Å². The first-order chi connectivity index (χ1) is 7.18. The molecule has 1 aromatic carbocycles. The minimum Gasteiger partial charge on any atom is -0.117 e. The lowest BCUT2D eigenvalue weighted by molar-refractivity contribution is 1.26. The topological polar surface area (TPSA) is 0 Å². The maximum Gasteiger partial charge on any atom is 0.0676 e. The Bertz CT molecular complexity index is 418. The van der Waals surface area contributed by atoms with Crippen LogP contribution in [0.3, 0.4) is 0 Å². The molecule has 1 aromatic rings. The highest BCUT2D eigenvalue weighted by Crippen LogP contribution is 2.36. The number of benzene rings is 1. The third-order valence-electron chi connectivity index (χ3n) is 2.21. The summed E-state index contributed by atoms with van der Waals surface area (Å²) in [6.45, 7) is 0. The number of rotatable bonds is 1. The van der Waals surface area contributed by atoms with Crippen molar-refractivity contribution in [2.45, 2.75) is 5.38 Å². The first-order valence-electron chi connectivity index (χ1n) is 4.49. The van der Waals surface area contributed by atoms with Crippen LogP contribution in [0, 0.1) is 6.42 Å². The zero-order valence-corrected chi connectivity index (χ0v) is 10.0. The molecule has 0 saturated heterocycles. The summed E-state index contributed by atoms with van der Waals surface area (Å²) in [6, 6.07) is 9.89. The van der Waals surface area contributed by atoms with E-state index in [1.54, 1.807) is 6.42 Å². The average Bonchev–Trinajstić information content (AvgIpc) is 2.25. The summed E-state index contributed by atoms with van der Waals surface area (Å²) in [7, 11) is 0. The van der Waals surface area contributed by atoms with Gasteiger partial charge in [-0.05, 0) is 17.2 Å². The molecular formula is C12H8Cl3. The Morgan fingerprint density at radius 1 is 0.933 bits per heavy atom. The molecule has 0 N–H and O–H groups in total. The van der Waals surface area contributed by atoms with Gasteiger partial charge in [0.25, 0.3) is 0 Å². The Labute approximate surface area is 104 Å².